The summed E-state index contributed by atoms with van der Waals surface area (Å²) in [6.07, 6.45) is 0. The molecule has 0 atom stereocenters. The van der Waals surface area contributed by atoms with Gasteiger partial charge in [0.05, 0.1) is 17.3 Å². The number of hydrogen-bond donors (Lipinski definition) is 1. The summed E-state index contributed by atoms with van der Waals surface area (Å²) in [5, 5.41) is 10.8. The molecule has 0 fully saturated rings. The van der Waals surface area contributed by atoms with Crippen LogP contribution < -0.4 is 4.72 Å². The second-order valence-electron chi connectivity index (χ2n) is 6.60. The fourth-order valence-electron chi connectivity index (χ4n) is 3.20. The average Bonchev–Trinajstić information content (AvgIpc) is 2.77. The molecular weight excluding hydrogens is 431 g/mol. The van der Waals surface area contributed by atoms with E-state index in [1.165, 1.54) is 11.9 Å². The number of nitrogens with zero attached hydrogens (tertiary/aromatic N) is 1. The molecule has 0 amide bonds. The van der Waals surface area contributed by atoms with E-state index in [0.29, 0.717) is 15.6 Å². The van der Waals surface area contributed by atoms with Crippen LogP contribution in [-0.2, 0) is 0 Å². The van der Waals surface area contributed by atoms with E-state index in [1.54, 1.807) is 6.07 Å². The van der Waals surface area contributed by atoms with Gasteiger partial charge in [-0.1, -0.05) is 83.9 Å². The predicted octanol–water partition coefficient (Wildman–Crippen LogP) is 8.32. The smallest absolute Gasteiger partial charge is 0.0992 e. The number of anilines is 1. The molecule has 146 valence electrons. The molecule has 4 aromatic carbocycles. The second-order valence-corrected chi connectivity index (χ2v) is 8.35. The van der Waals surface area contributed by atoms with E-state index >= 15 is 0 Å². The van der Waals surface area contributed by atoms with Crippen LogP contribution in [0.5, 0.6) is 0 Å². The van der Waals surface area contributed by atoms with Crippen molar-refractivity contribution in [1.29, 1.82) is 5.26 Å². The first-order valence-corrected chi connectivity index (χ1v) is 10.8. The van der Waals surface area contributed by atoms with Crippen LogP contribution in [0.1, 0.15) is 5.56 Å². The normalized spacial score (nSPS) is 10.4. The van der Waals surface area contributed by atoms with Crippen LogP contribution in [0.25, 0.3) is 22.3 Å². The number of hydrogen-bond acceptors (Lipinski definition) is 3. The molecular formula is C25H16Cl2N2S. The molecule has 1 N–H and O–H groups in total. The lowest BCUT2D eigenvalue weighted by atomic mass is 9.94. The van der Waals surface area contributed by atoms with Crippen molar-refractivity contribution in [3.63, 3.8) is 0 Å². The molecule has 0 aliphatic rings. The molecule has 30 heavy (non-hydrogen) atoms. The van der Waals surface area contributed by atoms with E-state index in [1.807, 2.05) is 84.9 Å². The second kappa shape index (κ2) is 9.28. The summed E-state index contributed by atoms with van der Waals surface area (Å²) in [5.41, 5.74) is 5.49. The maximum Gasteiger partial charge on any atom is 0.0992 e. The third-order valence-corrected chi connectivity index (χ3v) is 5.76. The summed E-state index contributed by atoms with van der Waals surface area (Å²) >= 11 is 13.8. The third kappa shape index (κ3) is 4.63. The van der Waals surface area contributed by atoms with Gasteiger partial charge in [-0.25, -0.2) is 0 Å². The van der Waals surface area contributed by atoms with E-state index in [0.717, 1.165) is 32.8 Å². The quantitative estimate of drug-likeness (QED) is 0.313. The van der Waals surface area contributed by atoms with E-state index in [4.69, 9.17) is 23.2 Å². The number of nitriles is 1. The molecule has 0 unspecified atom stereocenters. The molecule has 0 aliphatic heterocycles. The Balaban J connectivity index is 1.86. The molecule has 0 saturated carbocycles. The van der Waals surface area contributed by atoms with Crippen LogP contribution >= 0.6 is 35.1 Å². The first-order valence-electron chi connectivity index (χ1n) is 9.22. The van der Waals surface area contributed by atoms with E-state index in [9.17, 15) is 5.26 Å². The molecule has 0 aliphatic carbocycles. The lowest BCUT2D eigenvalue weighted by molar-refractivity contribution is 1.46. The van der Waals surface area contributed by atoms with Crippen LogP contribution in [-0.4, -0.2) is 0 Å². The van der Waals surface area contributed by atoms with Crippen molar-refractivity contribution >= 4 is 40.8 Å². The van der Waals surface area contributed by atoms with Crippen molar-refractivity contribution in [2.45, 2.75) is 4.90 Å². The Morgan fingerprint density at radius 2 is 1.20 bits per heavy atom. The zero-order valence-electron chi connectivity index (χ0n) is 15.8. The highest BCUT2D eigenvalue weighted by molar-refractivity contribution is 8.00. The number of halogens is 2. The largest absolute Gasteiger partial charge is 0.325 e. The van der Waals surface area contributed by atoms with Gasteiger partial charge in [-0.3, -0.25) is 0 Å². The van der Waals surface area contributed by atoms with Gasteiger partial charge in [0.1, 0.15) is 0 Å². The van der Waals surface area contributed by atoms with Crippen molar-refractivity contribution < 1.29 is 0 Å². The first kappa shape index (κ1) is 20.4. The van der Waals surface area contributed by atoms with Gasteiger partial charge in [0.15, 0.2) is 0 Å². The van der Waals surface area contributed by atoms with Crippen molar-refractivity contribution in [2.24, 2.45) is 0 Å². The lowest BCUT2D eigenvalue weighted by Gasteiger charge is -2.18. The van der Waals surface area contributed by atoms with Gasteiger partial charge in [0.25, 0.3) is 0 Å². The fraction of sp³-hybridized carbons (Fsp3) is 0. The Hall–Kier alpha value is -2.90. The summed E-state index contributed by atoms with van der Waals surface area (Å²) in [6.45, 7) is 0. The summed E-state index contributed by atoms with van der Waals surface area (Å²) < 4.78 is 3.49. The van der Waals surface area contributed by atoms with E-state index < -0.39 is 0 Å². The van der Waals surface area contributed by atoms with Crippen molar-refractivity contribution in [2.75, 3.05) is 4.72 Å². The Labute approximate surface area is 190 Å². The van der Waals surface area contributed by atoms with Gasteiger partial charge in [-0.15, -0.1) is 0 Å². The highest BCUT2D eigenvalue weighted by atomic mass is 35.5. The Kier molecular flexibility index (Phi) is 6.30. The summed E-state index contributed by atoms with van der Waals surface area (Å²) in [4.78, 5) is 0.898. The van der Waals surface area contributed by atoms with Crippen LogP contribution in [0, 0.1) is 11.3 Å². The van der Waals surface area contributed by atoms with Gasteiger partial charge in [0, 0.05) is 26.1 Å². The minimum Gasteiger partial charge on any atom is -0.325 e. The predicted molar refractivity (Wildman–Crippen MR) is 128 cm³/mol. The van der Waals surface area contributed by atoms with Crippen molar-refractivity contribution in [1.82, 2.24) is 0 Å². The Morgan fingerprint density at radius 1 is 0.700 bits per heavy atom. The molecule has 0 aromatic heterocycles. The molecule has 0 heterocycles. The maximum absolute atomic E-state index is 9.64. The molecule has 0 spiro atoms. The fourth-order valence-corrected chi connectivity index (χ4v) is 4.67. The molecule has 0 radical (unpaired) electrons. The average molecular weight is 447 g/mol. The van der Waals surface area contributed by atoms with Crippen molar-refractivity contribution in [3.05, 3.63) is 107 Å². The SMILES string of the molecule is N#Cc1cc(-c2ccccc2)c(NSc2cc(Cl)cc(Cl)c2)c(-c2ccccc2)c1. The van der Waals surface area contributed by atoms with Gasteiger partial charge >= 0.3 is 0 Å². The van der Waals surface area contributed by atoms with Crippen LogP contribution in [0.4, 0.5) is 5.69 Å². The molecule has 4 aromatic rings. The highest BCUT2D eigenvalue weighted by Gasteiger charge is 2.15. The molecule has 5 heteroatoms. The van der Waals surface area contributed by atoms with Gasteiger partial charge in [0.2, 0.25) is 0 Å². The minimum atomic E-state index is 0.582. The Morgan fingerprint density at radius 3 is 1.67 bits per heavy atom. The van der Waals surface area contributed by atoms with Crippen LogP contribution in [0.3, 0.4) is 0 Å². The maximum atomic E-state index is 9.64. The van der Waals surface area contributed by atoms with E-state index in [2.05, 4.69) is 10.8 Å². The molecule has 4 rings (SSSR count). The molecule has 2 nitrogen and oxygen atoms in total. The zero-order chi connectivity index (χ0) is 20.9. The summed E-state index contributed by atoms with van der Waals surface area (Å²) in [6, 6.07) is 31.6. The van der Waals surface area contributed by atoms with Crippen LogP contribution in [0.2, 0.25) is 10.0 Å². The first-order chi connectivity index (χ1) is 14.6. The zero-order valence-corrected chi connectivity index (χ0v) is 18.1. The highest BCUT2D eigenvalue weighted by Crippen LogP contribution is 2.41. The Bertz CT molecular complexity index is 1140. The molecule has 0 bridgehead atoms. The van der Waals surface area contributed by atoms with Crippen molar-refractivity contribution in [3.8, 4) is 28.3 Å². The van der Waals surface area contributed by atoms with Crippen LogP contribution in [0.15, 0.2) is 95.9 Å². The number of rotatable bonds is 5. The number of nitrogens with one attached hydrogen (secondary N) is 1. The minimum absolute atomic E-state index is 0.582. The third-order valence-electron chi connectivity index (χ3n) is 4.54. The standard InChI is InChI=1S/C25H16Cl2N2S/c26-20-13-21(27)15-22(14-20)30-29-25-23(18-7-3-1-4-8-18)11-17(16-28)12-24(25)19-9-5-2-6-10-19/h1-15,29H. The lowest BCUT2D eigenvalue weighted by Crippen LogP contribution is -1.96. The number of benzene rings is 4. The van der Waals surface area contributed by atoms with Gasteiger partial charge in [-0.2, -0.15) is 5.26 Å². The summed E-state index contributed by atoms with van der Waals surface area (Å²) in [7, 11) is 0. The van der Waals surface area contributed by atoms with E-state index in [-0.39, 0.29) is 0 Å². The topological polar surface area (TPSA) is 35.8 Å². The molecule has 0 saturated heterocycles. The summed E-state index contributed by atoms with van der Waals surface area (Å²) in [5.74, 6) is 0. The van der Waals surface area contributed by atoms with Gasteiger partial charge in [-0.05, 0) is 53.4 Å². The van der Waals surface area contributed by atoms with Gasteiger partial charge < -0.3 is 4.72 Å². The monoisotopic (exact) mass is 446 g/mol.